The maximum atomic E-state index is 10.5. The van der Waals surface area contributed by atoms with Crippen LogP contribution in [0.1, 0.15) is 5.56 Å². The average Bonchev–Trinajstić information content (AvgIpc) is 2.40. The van der Waals surface area contributed by atoms with Gasteiger partial charge in [-0.25, -0.2) is 4.79 Å². The molecule has 4 heteroatoms. The van der Waals surface area contributed by atoms with Crippen LogP contribution < -0.4 is 4.74 Å². The van der Waals surface area contributed by atoms with Gasteiger partial charge >= 0.3 is 5.97 Å². The Morgan fingerprint density at radius 1 is 1.16 bits per heavy atom. The van der Waals surface area contributed by atoms with E-state index in [1.165, 1.54) is 6.08 Å². The number of hydrogen-bond donors (Lipinski definition) is 1. The molecule has 1 N–H and O–H groups in total. The van der Waals surface area contributed by atoms with Gasteiger partial charge in [-0.05, 0) is 35.9 Å². The van der Waals surface area contributed by atoms with Crippen LogP contribution in [-0.4, -0.2) is 11.1 Å². The highest BCUT2D eigenvalue weighted by atomic mass is 35.5. The van der Waals surface area contributed by atoms with Crippen LogP contribution in [0, 0.1) is 0 Å². The molecule has 0 aliphatic heterocycles. The Balaban J connectivity index is 2.20. The summed E-state index contributed by atoms with van der Waals surface area (Å²) in [6, 6.07) is 14.3. The van der Waals surface area contributed by atoms with Crippen LogP contribution in [0.25, 0.3) is 6.08 Å². The zero-order valence-electron chi connectivity index (χ0n) is 9.92. The summed E-state index contributed by atoms with van der Waals surface area (Å²) < 4.78 is 5.64. The third-order valence-corrected chi connectivity index (χ3v) is 2.65. The first kappa shape index (κ1) is 13.2. The van der Waals surface area contributed by atoms with Crippen LogP contribution in [0.5, 0.6) is 11.5 Å². The van der Waals surface area contributed by atoms with Crippen LogP contribution in [0.2, 0.25) is 5.02 Å². The van der Waals surface area contributed by atoms with Gasteiger partial charge in [-0.15, -0.1) is 0 Å². The molecule has 0 aliphatic rings. The highest BCUT2D eigenvalue weighted by Gasteiger charge is 2.02. The zero-order valence-corrected chi connectivity index (χ0v) is 10.7. The fourth-order valence-corrected chi connectivity index (χ4v) is 1.68. The van der Waals surface area contributed by atoms with E-state index < -0.39 is 5.97 Å². The van der Waals surface area contributed by atoms with Crippen LogP contribution in [0.3, 0.4) is 0 Å². The Morgan fingerprint density at radius 3 is 2.68 bits per heavy atom. The Hall–Kier alpha value is -2.26. The molecule has 0 aliphatic carbocycles. The molecule has 0 amide bonds. The Morgan fingerprint density at radius 2 is 1.95 bits per heavy atom. The number of carbonyl (C=O) groups is 1. The smallest absolute Gasteiger partial charge is 0.328 e. The molecule has 0 atom stereocenters. The largest absolute Gasteiger partial charge is 0.478 e. The normalized spacial score (nSPS) is 10.6. The maximum absolute atomic E-state index is 10.5. The summed E-state index contributed by atoms with van der Waals surface area (Å²) in [5.41, 5.74) is 0.743. The lowest BCUT2D eigenvalue weighted by Gasteiger charge is -2.07. The van der Waals surface area contributed by atoms with Crippen molar-refractivity contribution in [1.29, 1.82) is 0 Å². The third-order valence-electron chi connectivity index (χ3n) is 2.34. The fraction of sp³-hybridized carbons (Fsp3) is 0. The molecule has 0 unspecified atom stereocenters. The maximum Gasteiger partial charge on any atom is 0.328 e. The molecule has 0 saturated heterocycles. The first-order valence-corrected chi connectivity index (χ1v) is 5.96. The summed E-state index contributed by atoms with van der Waals surface area (Å²) in [5, 5.41) is 9.10. The second-order valence-electron chi connectivity index (χ2n) is 3.78. The summed E-state index contributed by atoms with van der Waals surface area (Å²) in [7, 11) is 0. The van der Waals surface area contributed by atoms with Crippen molar-refractivity contribution in [3.05, 3.63) is 65.2 Å². The van der Waals surface area contributed by atoms with Gasteiger partial charge in [0.2, 0.25) is 0 Å². The lowest BCUT2D eigenvalue weighted by atomic mass is 10.2. The molecule has 0 saturated carbocycles. The molecule has 0 aromatic heterocycles. The number of halogens is 1. The van der Waals surface area contributed by atoms with E-state index in [4.69, 9.17) is 21.4 Å². The molecular weight excluding hydrogens is 264 g/mol. The van der Waals surface area contributed by atoms with E-state index in [1.54, 1.807) is 36.4 Å². The second kappa shape index (κ2) is 6.07. The molecule has 0 bridgehead atoms. The minimum Gasteiger partial charge on any atom is -0.478 e. The van der Waals surface area contributed by atoms with E-state index in [0.717, 1.165) is 11.6 Å². The van der Waals surface area contributed by atoms with E-state index in [2.05, 4.69) is 0 Å². The first-order valence-electron chi connectivity index (χ1n) is 5.58. The fourth-order valence-electron chi connectivity index (χ4n) is 1.50. The number of carboxylic acids is 1. The monoisotopic (exact) mass is 274 g/mol. The summed E-state index contributed by atoms with van der Waals surface area (Å²) in [6.45, 7) is 0. The van der Waals surface area contributed by atoms with Crippen molar-refractivity contribution in [2.24, 2.45) is 0 Å². The van der Waals surface area contributed by atoms with Crippen molar-refractivity contribution < 1.29 is 14.6 Å². The summed E-state index contributed by atoms with van der Waals surface area (Å²) in [5.74, 6) is 0.168. The minimum absolute atomic E-state index is 0.522. The number of rotatable bonds is 4. The molecule has 96 valence electrons. The Bertz CT molecular complexity index is 620. The number of benzene rings is 2. The Labute approximate surface area is 115 Å². The summed E-state index contributed by atoms with van der Waals surface area (Å²) in [4.78, 5) is 10.5. The van der Waals surface area contributed by atoms with E-state index in [9.17, 15) is 4.79 Å². The Kier molecular flexibility index (Phi) is 4.21. The lowest BCUT2D eigenvalue weighted by Crippen LogP contribution is -1.87. The zero-order chi connectivity index (χ0) is 13.7. The molecule has 2 aromatic rings. The van der Waals surface area contributed by atoms with E-state index in [-0.39, 0.29) is 0 Å². The van der Waals surface area contributed by atoms with Gasteiger partial charge < -0.3 is 9.84 Å². The molecule has 0 heterocycles. The van der Waals surface area contributed by atoms with Crippen molar-refractivity contribution in [2.45, 2.75) is 0 Å². The van der Waals surface area contributed by atoms with Crippen molar-refractivity contribution in [2.75, 3.05) is 0 Å². The summed E-state index contributed by atoms with van der Waals surface area (Å²) >= 11 is 6.00. The van der Waals surface area contributed by atoms with Crippen molar-refractivity contribution in [3.63, 3.8) is 0 Å². The van der Waals surface area contributed by atoms with E-state index in [0.29, 0.717) is 16.5 Å². The number of hydrogen-bond acceptors (Lipinski definition) is 2. The predicted octanol–water partition coefficient (Wildman–Crippen LogP) is 4.23. The number of para-hydroxylation sites is 1. The molecule has 0 radical (unpaired) electrons. The van der Waals surface area contributed by atoms with Crippen molar-refractivity contribution in [3.8, 4) is 11.5 Å². The van der Waals surface area contributed by atoms with Gasteiger partial charge in [0.15, 0.2) is 0 Å². The molecule has 19 heavy (non-hydrogen) atoms. The van der Waals surface area contributed by atoms with Gasteiger partial charge in [0.25, 0.3) is 0 Å². The van der Waals surface area contributed by atoms with Crippen molar-refractivity contribution in [1.82, 2.24) is 0 Å². The molecule has 0 spiro atoms. The van der Waals surface area contributed by atoms with Crippen molar-refractivity contribution >= 4 is 23.6 Å². The average molecular weight is 275 g/mol. The SMILES string of the molecule is O=C(O)C=Cc1cccc(Oc2ccccc2Cl)c1. The summed E-state index contributed by atoms with van der Waals surface area (Å²) in [6.07, 6.45) is 2.58. The van der Waals surface area contributed by atoms with Crippen LogP contribution in [0.15, 0.2) is 54.6 Å². The van der Waals surface area contributed by atoms with Crippen LogP contribution >= 0.6 is 11.6 Å². The first-order chi connectivity index (χ1) is 9.15. The topological polar surface area (TPSA) is 46.5 Å². The van der Waals surface area contributed by atoms with Gasteiger partial charge in [0.05, 0.1) is 5.02 Å². The highest BCUT2D eigenvalue weighted by molar-refractivity contribution is 6.32. The molecular formula is C15H11ClO3. The standard InChI is InChI=1S/C15H11ClO3/c16-13-6-1-2-7-14(13)19-12-5-3-4-11(10-12)8-9-15(17)18/h1-10H,(H,17,18). The van der Waals surface area contributed by atoms with Crippen LogP contribution in [-0.2, 0) is 4.79 Å². The van der Waals surface area contributed by atoms with E-state index in [1.807, 2.05) is 12.1 Å². The molecule has 3 nitrogen and oxygen atoms in total. The molecule has 2 rings (SSSR count). The quantitative estimate of drug-likeness (QED) is 0.849. The van der Waals surface area contributed by atoms with E-state index >= 15 is 0 Å². The van der Waals surface area contributed by atoms with Gasteiger partial charge in [0, 0.05) is 6.08 Å². The molecule has 2 aromatic carbocycles. The number of ether oxygens (including phenoxy) is 1. The minimum atomic E-state index is -0.988. The van der Waals surface area contributed by atoms with Gasteiger partial charge in [-0.3, -0.25) is 0 Å². The third kappa shape index (κ3) is 3.86. The van der Waals surface area contributed by atoms with Gasteiger partial charge in [-0.1, -0.05) is 35.9 Å². The van der Waals surface area contributed by atoms with Gasteiger partial charge in [0.1, 0.15) is 11.5 Å². The highest BCUT2D eigenvalue weighted by Crippen LogP contribution is 2.29. The lowest BCUT2D eigenvalue weighted by molar-refractivity contribution is -0.131. The van der Waals surface area contributed by atoms with Crippen LogP contribution in [0.4, 0.5) is 0 Å². The van der Waals surface area contributed by atoms with Gasteiger partial charge in [-0.2, -0.15) is 0 Å². The number of carboxylic acid groups (broad SMARTS) is 1. The predicted molar refractivity (Wildman–Crippen MR) is 74.6 cm³/mol. The molecule has 0 fully saturated rings. The second-order valence-corrected chi connectivity index (χ2v) is 4.18. The number of aliphatic carboxylic acids is 1.